The van der Waals surface area contributed by atoms with E-state index in [2.05, 4.69) is 50.9 Å². The lowest BCUT2D eigenvalue weighted by Gasteiger charge is -2.43. The fourth-order valence-corrected chi connectivity index (χ4v) is 6.86. The van der Waals surface area contributed by atoms with Crippen LogP contribution >= 0.6 is 0 Å². The SMILES string of the molecule is C#[N+]C1CC(C(=O)N2CCN(c3ccnn4cc(-c5ccc(C6(OC)CCN([C@@H](C)COC)CC6)cn5)cc34)CC2)C1. The molecule has 0 unspecified atom stereocenters. The summed E-state index contributed by atoms with van der Waals surface area (Å²) in [6, 6.07) is 9.03. The van der Waals surface area contributed by atoms with Crippen molar-refractivity contribution >= 4 is 17.1 Å². The number of piperazine rings is 1. The number of anilines is 1. The third-order valence-corrected chi connectivity index (χ3v) is 9.70. The van der Waals surface area contributed by atoms with Gasteiger partial charge in [-0.25, -0.2) is 4.52 Å². The summed E-state index contributed by atoms with van der Waals surface area (Å²) in [7, 11) is 3.57. The van der Waals surface area contributed by atoms with Gasteiger partial charge in [0.05, 0.1) is 35.0 Å². The number of pyridine rings is 1. The highest BCUT2D eigenvalue weighted by Crippen LogP contribution is 2.38. The van der Waals surface area contributed by atoms with Gasteiger partial charge in [-0.15, -0.1) is 0 Å². The molecule has 3 aromatic rings. The standard InChI is InChI=1S/C32H42N7O3/c1-23(22-41-3)36-11-8-32(42-4,9-12-36)26-5-6-28(34-20-26)25-19-30-29(7-10-35-39(30)21-25)37-13-15-38(16-14-37)31(40)24-17-27(18-24)33-2/h2,5-7,10,19-21,23-24,27H,8-9,11-18,22H2,1,3-4H3/q+1/t23-,24?,27?/m0/s1. The van der Waals surface area contributed by atoms with Crippen molar-refractivity contribution in [2.24, 2.45) is 5.92 Å². The molecule has 1 saturated carbocycles. The lowest BCUT2D eigenvalue weighted by Crippen LogP contribution is -2.52. The second-order valence-corrected chi connectivity index (χ2v) is 12.0. The van der Waals surface area contributed by atoms with E-state index in [0.29, 0.717) is 6.04 Å². The molecule has 3 aliphatic rings. The average Bonchev–Trinajstić information content (AvgIpc) is 3.46. The van der Waals surface area contributed by atoms with Crippen molar-refractivity contribution in [2.45, 2.75) is 50.3 Å². The minimum atomic E-state index is -0.321. The summed E-state index contributed by atoms with van der Waals surface area (Å²) < 4.78 is 13.4. The van der Waals surface area contributed by atoms with Gasteiger partial charge in [0.25, 0.3) is 12.6 Å². The first-order valence-electron chi connectivity index (χ1n) is 15.1. The zero-order valence-corrected chi connectivity index (χ0v) is 25.0. The molecule has 0 aromatic carbocycles. The number of likely N-dealkylation sites (tertiary alicyclic amines) is 1. The first-order valence-corrected chi connectivity index (χ1v) is 15.1. The van der Waals surface area contributed by atoms with Crippen LogP contribution in [0.2, 0.25) is 0 Å². The van der Waals surface area contributed by atoms with Gasteiger partial charge in [-0.1, -0.05) is 10.9 Å². The van der Waals surface area contributed by atoms with Crippen molar-refractivity contribution in [1.82, 2.24) is 24.4 Å². The van der Waals surface area contributed by atoms with Crippen LogP contribution in [0.15, 0.2) is 42.9 Å². The Balaban J connectivity index is 1.13. The van der Waals surface area contributed by atoms with E-state index in [-0.39, 0.29) is 23.5 Å². The van der Waals surface area contributed by atoms with Gasteiger partial charge in [0.1, 0.15) is 0 Å². The second-order valence-electron chi connectivity index (χ2n) is 12.0. The summed E-state index contributed by atoms with van der Waals surface area (Å²) in [4.78, 5) is 28.4. The number of methoxy groups -OCH3 is 2. The number of fused-ring (bicyclic) bond motifs is 1. The van der Waals surface area contributed by atoms with E-state index >= 15 is 0 Å². The average molecular weight is 573 g/mol. The Labute approximate surface area is 248 Å². The van der Waals surface area contributed by atoms with Crippen molar-refractivity contribution < 1.29 is 14.3 Å². The van der Waals surface area contributed by atoms with Crippen LogP contribution in [0.5, 0.6) is 0 Å². The second kappa shape index (κ2) is 12.0. The van der Waals surface area contributed by atoms with Gasteiger partial charge in [-0.2, -0.15) is 5.10 Å². The molecular formula is C32H42N7O3+. The molecule has 0 bridgehead atoms. The first kappa shape index (κ1) is 28.6. The number of piperidine rings is 1. The van der Waals surface area contributed by atoms with Gasteiger partial charge in [0.2, 0.25) is 5.91 Å². The fraction of sp³-hybridized carbons (Fsp3) is 0.562. The molecule has 2 aliphatic heterocycles. The normalized spacial score (nSPS) is 23.4. The lowest BCUT2D eigenvalue weighted by atomic mass is 9.79. The Morgan fingerprint density at radius 1 is 1.12 bits per heavy atom. The van der Waals surface area contributed by atoms with Crippen LogP contribution in [0, 0.1) is 12.5 Å². The summed E-state index contributed by atoms with van der Waals surface area (Å²) in [5.41, 5.74) is 4.89. The number of ether oxygens (including phenoxy) is 2. The maximum Gasteiger partial charge on any atom is 0.273 e. The van der Waals surface area contributed by atoms with Gasteiger partial charge in [-0.05, 0) is 38.0 Å². The molecule has 222 valence electrons. The molecule has 1 amide bonds. The number of amides is 1. The number of aromatic nitrogens is 3. The van der Waals surface area contributed by atoms with E-state index in [9.17, 15) is 4.79 Å². The maximum absolute atomic E-state index is 12.9. The quantitative estimate of drug-likeness (QED) is 0.407. The maximum atomic E-state index is 12.9. The smallest absolute Gasteiger partial charge is 0.273 e. The molecule has 10 nitrogen and oxygen atoms in total. The van der Waals surface area contributed by atoms with Gasteiger partial charge >= 0.3 is 0 Å². The van der Waals surface area contributed by atoms with Crippen molar-refractivity contribution in [2.75, 3.05) is 65.0 Å². The van der Waals surface area contributed by atoms with Gasteiger partial charge < -0.3 is 19.3 Å². The first-order chi connectivity index (χ1) is 20.4. The minimum Gasteiger partial charge on any atom is -0.383 e. The topological polar surface area (TPSA) is 79.8 Å². The van der Waals surface area contributed by atoms with Crippen molar-refractivity contribution in [3.63, 3.8) is 0 Å². The predicted octanol–water partition coefficient (Wildman–Crippen LogP) is 3.76. The van der Waals surface area contributed by atoms with Crippen molar-refractivity contribution in [1.29, 1.82) is 0 Å². The molecule has 10 heteroatoms. The zero-order valence-electron chi connectivity index (χ0n) is 25.0. The highest BCUT2D eigenvalue weighted by molar-refractivity contribution is 5.81. The number of hydrogen-bond acceptors (Lipinski definition) is 7. The molecule has 6 rings (SSSR count). The van der Waals surface area contributed by atoms with Crippen LogP contribution in [-0.4, -0.2) is 102 Å². The molecule has 2 saturated heterocycles. The Bertz CT molecular complexity index is 1430. The zero-order chi connectivity index (χ0) is 29.3. The monoisotopic (exact) mass is 572 g/mol. The minimum absolute atomic E-state index is 0.0738. The summed E-state index contributed by atoms with van der Waals surface area (Å²) in [6.07, 6.45) is 9.26. The van der Waals surface area contributed by atoms with Crippen LogP contribution < -0.4 is 4.90 Å². The number of hydrogen-bond donors (Lipinski definition) is 0. The van der Waals surface area contributed by atoms with Crippen LogP contribution in [-0.2, 0) is 19.9 Å². The van der Waals surface area contributed by atoms with Gasteiger partial charge in [-0.3, -0.25) is 14.7 Å². The highest BCUT2D eigenvalue weighted by atomic mass is 16.5. The predicted molar refractivity (Wildman–Crippen MR) is 163 cm³/mol. The molecule has 1 aliphatic carbocycles. The summed E-state index contributed by atoms with van der Waals surface area (Å²) >= 11 is 0. The number of carbonyl (C=O) groups is 1. The molecule has 0 spiro atoms. The van der Waals surface area contributed by atoms with Gasteiger partial charge in [0, 0.05) is 102 Å². The summed E-state index contributed by atoms with van der Waals surface area (Å²) in [5.74, 6) is 0.320. The Hall–Kier alpha value is -3.52. The Morgan fingerprint density at radius 3 is 2.52 bits per heavy atom. The lowest BCUT2D eigenvalue weighted by molar-refractivity contribution is -0.138. The van der Waals surface area contributed by atoms with Crippen LogP contribution in [0.3, 0.4) is 0 Å². The van der Waals surface area contributed by atoms with Gasteiger partial charge in [0.15, 0.2) is 0 Å². The van der Waals surface area contributed by atoms with E-state index in [1.54, 1.807) is 7.11 Å². The Morgan fingerprint density at radius 2 is 1.88 bits per heavy atom. The van der Waals surface area contributed by atoms with E-state index in [0.717, 1.165) is 99.6 Å². The summed E-state index contributed by atoms with van der Waals surface area (Å²) in [5, 5.41) is 4.58. The van der Waals surface area contributed by atoms with Crippen molar-refractivity contribution in [3.05, 3.63) is 53.3 Å². The number of rotatable bonds is 8. The van der Waals surface area contributed by atoms with E-state index in [1.165, 1.54) is 0 Å². The van der Waals surface area contributed by atoms with Crippen molar-refractivity contribution in [3.8, 4) is 17.8 Å². The molecule has 5 heterocycles. The van der Waals surface area contributed by atoms with Crippen LogP contribution in [0.25, 0.3) is 21.6 Å². The number of carbonyl (C=O) groups excluding carboxylic acids is 1. The summed E-state index contributed by atoms with van der Waals surface area (Å²) in [6.45, 7) is 13.3. The third kappa shape index (κ3) is 5.37. The molecule has 3 aromatic heterocycles. The fourth-order valence-electron chi connectivity index (χ4n) is 6.86. The van der Waals surface area contributed by atoms with Crippen LogP contribution in [0.1, 0.15) is 38.2 Å². The third-order valence-electron chi connectivity index (χ3n) is 9.70. The molecule has 1 atom stereocenters. The molecule has 42 heavy (non-hydrogen) atoms. The molecule has 3 fully saturated rings. The Kier molecular flexibility index (Phi) is 8.17. The van der Waals surface area contributed by atoms with E-state index in [1.807, 2.05) is 35.1 Å². The van der Waals surface area contributed by atoms with E-state index < -0.39 is 0 Å². The highest BCUT2D eigenvalue weighted by Gasteiger charge is 2.43. The van der Waals surface area contributed by atoms with Crippen LogP contribution in [0.4, 0.5) is 5.69 Å². The van der Waals surface area contributed by atoms with E-state index in [4.69, 9.17) is 21.0 Å². The largest absolute Gasteiger partial charge is 0.383 e. The molecular weight excluding hydrogens is 530 g/mol. The number of nitrogens with zero attached hydrogens (tertiary/aromatic N) is 7. The molecule has 0 N–H and O–H groups in total. The molecule has 0 radical (unpaired) electrons.